The van der Waals surface area contributed by atoms with Gasteiger partial charge in [0.15, 0.2) is 11.5 Å². The van der Waals surface area contributed by atoms with Gasteiger partial charge in [0.1, 0.15) is 0 Å². The number of rotatable bonds is 10. The first-order valence-corrected chi connectivity index (χ1v) is 10.1. The second-order valence-electron chi connectivity index (χ2n) is 7.18. The van der Waals surface area contributed by atoms with E-state index in [-0.39, 0.29) is 11.9 Å². The lowest BCUT2D eigenvalue weighted by atomic mass is 9.81. The highest BCUT2D eigenvalue weighted by Gasteiger charge is 2.34. The van der Waals surface area contributed by atoms with Crippen LogP contribution >= 0.6 is 0 Å². The van der Waals surface area contributed by atoms with Gasteiger partial charge < -0.3 is 25.3 Å². The highest BCUT2D eigenvalue weighted by molar-refractivity contribution is 5.82. The number of hydrogen-bond donors (Lipinski definition) is 2. The van der Waals surface area contributed by atoms with E-state index in [0.717, 1.165) is 31.5 Å². The average Bonchev–Trinajstić information content (AvgIpc) is 2.76. The van der Waals surface area contributed by atoms with Gasteiger partial charge in [0.25, 0.3) is 0 Å². The van der Waals surface area contributed by atoms with Crippen molar-refractivity contribution in [2.45, 2.75) is 32.7 Å². The molecule has 1 aromatic carbocycles. The number of morpholine rings is 1. The number of carbonyl (C=O) groups is 1. The number of nitrogens with one attached hydrogen (secondary N) is 1. The standard InChI is InChI=1S/C21H35N3O4/c1-5-21(6-2,15-22)20(25)23-14-17(24-9-11-28-12-10-24)16-7-8-18(26-3)19(13-16)27-4/h7-8,13,17H,5-6,9-12,14-15,22H2,1-4H3,(H,23,25). The molecular weight excluding hydrogens is 358 g/mol. The fourth-order valence-corrected chi connectivity index (χ4v) is 3.74. The third kappa shape index (κ3) is 4.96. The predicted molar refractivity (Wildman–Crippen MR) is 110 cm³/mol. The lowest BCUT2D eigenvalue weighted by Crippen LogP contribution is -2.49. The van der Waals surface area contributed by atoms with Crippen LogP contribution in [0, 0.1) is 5.41 Å². The Morgan fingerprint density at radius 2 is 1.86 bits per heavy atom. The minimum atomic E-state index is -0.507. The molecule has 1 aliphatic rings. The van der Waals surface area contributed by atoms with Gasteiger partial charge in [-0.3, -0.25) is 9.69 Å². The van der Waals surface area contributed by atoms with Crippen LogP contribution in [0.1, 0.15) is 38.3 Å². The molecule has 3 N–H and O–H groups in total. The number of hydrogen-bond acceptors (Lipinski definition) is 6. The highest BCUT2D eigenvalue weighted by Crippen LogP contribution is 2.32. The molecule has 0 bridgehead atoms. The van der Waals surface area contributed by atoms with Crippen LogP contribution in [0.3, 0.4) is 0 Å². The molecule has 1 saturated heterocycles. The van der Waals surface area contributed by atoms with Crippen molar-refractivity contribution in [2.24, 2.45) is 11.1 Å². The topological polar surface area (TPSA) is 86.1 Å². The van der Waals surface area contributed by atoms with E-state index in [9.17, 15) is 4.79 Å². The minimum absolute atomic E-state index is 0.0249. The van der Waals surface area contributed by atoms with Gasteiger partial charge in [0.2, 0.25) is 5.91 Å². The monoisotopic (exact) mass is 393 g/mol. The van der Waals surface area contributed by atoms with Crippen molar-refractivity contribution in [2.75, 3.05) is 53.6 Å². The van der Waals surface area contributed by atoms with Crippen molar-refractivity contribution in [3.8, 4) is 11.5 Å². The van der Waals surface area contributed by atoms with Crippen LogP contribution in [0.4, 0.5) is 0 Å². The number of carbonyl (C=O) groups excluding carboxylic acids is 1. The zero-order chi connectivity index (χ0) is 20.6. The van der Waals surface area contributed by atoms with Crippen LogP contribution < -0.4 is 20.5 Å². The molecule has 7 nitrogen and oxygen atoms in total. The molecule has 1 aromatic rings. The number of nitrogens with two attached hydrogens (primary N) is 1. The molecule has 1 amide bonds. The predicted octanol–water partition coefficient (Wildman–Crippen LogP) is 1.96. The summed E-state index contributed by atoms with van der Waals surface area (Å²) in [7, 11) is 3.25. The molecule has 1 atom stereocenters. The summed E-state index contributed by atoms with van der Waals surface area (Å²) in [6, 6.07) is 5.95. The van der Waals surface area contributed by atoms with E-state index < -0.39 is 5.41 Å². The van der Waals surface area contributed by atoms with E-state index >= 15 is 0 Å². The third-order valence-electron chi connectivity index (χ3n) is 5.96. The second kappa shape index (κ2) is 10.6. The molecule has 0 aliphatic carbocycles. The largest absolute Gasteiger partial charge is 0.493 e. The number of benzene rings is 1. The van der Waals surface area contributed by atoms with E-state index in [4.69, 9.17) is 19.9 Å². The van der Waals surface area contributed by atoms with E-state index in [1.165, 1.54) is 0 Å². The summed E-state index contributed by atoms with van der Waals surface area (Å²) < 4.78 is 16.3. The fraction of sp³-hybridized carbons (Fsp3) is 0.667. The van der Waals surface area contributed by atoms with Crippen molar-refractivity contribution < 1.29 is 19.0 Å². The summed E-state index contributed by atoms with van der Waals surface area (Å²) in [6.45, 7) is 7.91. The molecule has 1 aliphatic heterocycles. The van der Waals surface area contributed by atoms with E-state index in [1.807, 2.05) is 32.0 Å². The Hall–Kier alpha value is -1.83. The van der Waals surface area contributed by atoms with Gasteiger partial charge in [-0.25, -0.2) is 0 Å². The maximum Gasteiger partial charge on any atom is 0.227 e. The molecule has 0 aromatic heterocycles. The van der Waals surface area contributed by atoms with Gasteiger partial charge in [-0.15, -0.1) is 0 Å². The molecule has 1 heterocycles. The Labute approximate surface area is 168 Å². The SMILES string of the molecule is CCC(CC)(CN)C(=O)NCC(c1ccc(OC)c(OC)c1)N1CCOCC1. The first kappa shape index (κ1) is 22.5. The Balaban J connectivity index is 2.24. The molecule has 28 heavy (non-hydrogen) atoms. The summed E-state index contributed by atoms with van der Waals surface area (Å²) in [5, 5.41) is 3.16. The Kier molecular flexibility index (Phi) is 8.54. The molecule has 1 unspecified atom stereocenters. The lowest BCUT2D eigenvalue weighted by Gasteiger charge is -2.36. The second-order valence-corrected chi connectivity index (χ2v) is 7.18. The van der Waals surface area contributed by atoms with Crippen LogP contribution in [-0.4, -0.2) is 64.4 Å². The summed E-state index contributed by atoms with van der Waals surface area (Å²) in [5.74, 6) is 1.40. The molecule has 0 radical (unpaired) electrons. The Morgan fingerprint density at radius 1 is 1.21 bits per heavy atom. The van der Waals surface area contributed by atoms with Crippen molar-refractivity contribution in [3.63, 3.8) is 0 Å². The van der Waals surface area contributed by atoms with E-state index in [0.29, 0.717) is 37.8 Å². The molecule has 0 saturated carbocycles. The Bertz CT molecular complexity index is 620. The Morgan fingerprint density at radius 3 is 2.39 bits per heavy atom. The molecule has 1 fully saturated rings. The minimum Gasteiger partial charge on any atom is -0.493 e. The van der Waals surface area contributed by atoms with E-state index in [1.54, 1.807) is 14.2 Å². The zero-order valence-corrected chi connectivity index (χ0v) is 17.6. The van der Waals surface area contributed by atoms with E-state index in [2.05, 4.69) is 10.2 Å². The normalized spacial score (nSPS) is 16.5. The van der Waals surface area contributed by atoms with Gasteiger partial charge >= 0.3 is 0 Å². The summed E-state index contributed by atoms with van der Waals surface area (Å²) in [4.78, 5) is 15.3. The quantitative estimate of drug-likeness (QED) is 0.632. The first-order valence-electron chi connectivity index (χ1n) is 10.1. The van der Waals surface area contributed by atoms with Gasteiger partial charge in [-0.2, -0.15) is 0 Å². The fourth-order valence-electron chi connectivity index (χ4n) is 3.74. The van der Waals surface area contributed by atoms with Gasteiger partial charge in [-0.1, -0.05) is 19.9 Å². The average molecular weight is 394 g/mol. The van der Waals surface area contributed by atoms with Crippen molar-refractivity contribution >= 4 is 5.91 Å². The smallest absolute Gasteiger partial charge is 0.227 e. The molecule has 0 spiro atoms. The highest BCUT2D eigenvalue weighted by atomic mass is 16.5. The van der Waals surface area contributed by atoms with Crippen LogP contribution in [-0.2, 0) is 9.53 Å². The van der Waals surface area contributed by atoms with Crippen molar-refractivity contribution in [1.29, 1.82) is 0 Å². The van der Waals surface area contributed by atoms with Crippen LogP contribution in [0.15, 0.2) is 18.2 Å². The van der Waals surface area contributed by atoms with Gasteiger partial charge in [0, 0.05) is 26.2 Å². The summed E-state index contributed by atoms with van der Waals surface area (Å²) in [6.07, 6.45) is 1.45. The number of ether oxygens (including phenoxy) is 3. The maximum atomic E-state index is 12.9. The van der Waals surface area contributed by atoms with Crippen molar-refractivity contribution in [1.82, 2.24) is 10.2 Å². The third-order valence-corrected chi connectivity index (χ3v) is 5.96. The molecule has 7 heteroatoms. The van der Waals surface area contributed by atoms with Gasteiger partial charge in [-0.05, 0) is 30.5 Å². The first-order chi connectivity index (χ1) is 13.5. The van der Waals surface area contributed by atoms with Crippen LogP contribution in [0.2, 0.25) is 0 Å². The molecule has 158 valence electrons. The maximum absolute atomic E-state index is 12.9. The number of amides is 1. The number of nitrogens with zero attached hydrogens (tertiary/aromatic N) is 1. The molecular formula is C21H35N3O4. The summed E-state index contributed by atoms with van der Waals surface area (Å²) >= 11 is 0. The van der Waals surface area contributed by atoms with Crippen LogP contribution in [0.5, 0.6) is 11.5 Å². The van der Waals surface area contributed by atoms with Gasteiger partial charge in [0.05, 0.1) is 38.9 Å². The zero-order valence-electron chi connectivity index (χ0n) is 17.6. The molecule has 2 rings (SSSR count). The summed E-state index contributed by atoms with van der Waals surface area (Å²) in [5.41, 5.74) is 6.51. The number of methoxy groups -OCH3 is 2. The lowest BCUT2D eigenvalue weighted by molar-refractivity contribution is -0.131. The van der Waals surface area contributed by atoms with Crippen LogP contribution in [0.25, 0.3) is 0 Å². The van der Waals surface area contributed by atoms with Crippen molar-refractivity contribution in [3.05, 3.63) is 23.8 Å².